The second-order valence-corrected chi connectivity index (χ2v) is 6.69. The number of aliphatic imine (C=N–C) groups is 1. The summed E-state index contributed by atoms with van der Waals surface area (Å²) >= 11 is 0. The molecule has 0 radical (unpaired) electrons. The van der Waals surface area contributed by atoms with Crippen molar-refractivity contribution in [3.05, 3.63) is 35.9 Å². The van der Waals surface area contributed by atoms with Gasteiger partial charge in [0.1, 0.15) is 0 Å². The molecule has 2 N–H and O–H groups in total. The van der Waals surface area contributed by atoms with Gasteiger partial charge in [0, 0.05) is 13.6 Å². The fraction of sp³-hybridized carbons (Fsp3) is 0.611. The van der Waals surface area contributed by atoms with Gasteiger partial charge in [-0.15, -0.1) is 0 Å². The molecule has 1 aromatic carbocycles. The van der Waals surface area contributed by atoms with Crippen molar-refractivity contribution in [3.8, 4) is 0 Å². The van der Waals surface area contributed by atoms with Crippen LogP contribution in [0.1, 0.15) is 50.6 Å². The third kappa shape index (κ3) is 3.22. The Labute approximate surface area is 128 Å². The van der Waals surface area contributed by atoms with Crippen LogP contribution in [0.25, 0.3) is 0 Å². The van der Waals surface area contributed by atoms with E-state index in [0.717, 1.165) is 18.4 Å². The number of guanidine groups is 1. The summed E-state index contributed by atoms with van der Waals surface area (Å²) < 4.78 is 0. The summed E-state index contributed by atoms with van der Waals surface area (Å²) in [6.07, 6.45) is 7.08. The molecular weight excluding hydrogens is 258 g/mol. The molecule has 3 nitrogen and oxygen atoms in total. The van der Waals surface area contributed by atoms with Gasteiger partial charge in [0.05, 0.1) is 6.04 Å². The lowest BCUT2D eigenvalue weighted by atomic mass is 9.65. The molecule has 3 heteroatoms. The average molecular weight is 285 g/mol. The third-order valence-corrected chi connectivity index (χ3v) is 5.28. The number of nitrogens with zero attached hydrogens (tertiary/aromatic N) is 1. The van der Waals surface area contributed by atoms with Gasteiger partial charge in [0.15, 0.2) is 5.96 Å². The molecule has 1 atom stereocenters. The fourth-order valence-electron chi connectivity index (χ4n) is 3.54. The third-order valence-electron chi connectivity index (χ3n) is 5.28. The predicted molar refractivity (Wildman–Crippen MR) is 88.4 cm³/mol. The molecule has 3 rings (SSSR count). The van der Waals surface area contributed by atoms with Crippen LogP contribution in [0.15, 0.2) is 35.3 Å². The average Bonchev–Trinajstić information content (AvgIpc) is 3.30. The van der Waals surface area contributed by atoms with E-state index in [-0.39, 0.29) is 6.04 Å². The smallest absolute Gasteiger partial charge is 0.191 e. The lowest BCUT2D eigenvalue weighted by Gasteiger charge is -2.43. The number of hydrogen-bond acceptors (Lipinski definition) is 1. The van der Waals surface area contributed by atoms with Gasteiger partial charge >= 0.3 is 0 Å². The highest BCUT2D eigenvalue weighted by Gasteiger charge is 2.48. The first kappa shape index (κ1) is 14.4. The van der Waals surface area contributed by atoms with Crippen molar-refractivity contribution in [2.75, 3.05) is 13.6 Å². The van der Waals surface area contributed by atoms with Gasteiger partial charge in [-0.2, -0.15) is 0 Å². The Morgan fingerprint density at radius 3 is 2.52 bits per heavy atom. The maximum Gasteiger partial charge on any atom is 0.191 e. The minimum Gasteiger partial charge on any atom is -0.356 e. The molecular formula is C18H27N3. The zero-order chi connectivity index (χ0) is 14.7. The Morgan fingerprint density at radius 2 is 2.00 bits per heavy atom. The Bertz CT molecular complexity index is 486. The van der Waals surface area contributed by atoms with E-state index in [1.165, 1.54) is 37.7 Å². The Hall–Kier alpha value is -1.51. The van der Waals surface area contributed by atoms with Crippen molar-refractivity contribution in [3.63, 3.8) is 0 Å². The maximum atomic E-state index is 4.39. The SMILES string of the molecule is CN=C(NCC1(C2CC2)CCC1)NC(C)c1ccccc1. The molecule has 0 aromatic heterocycles. The number of nitrogens with one attached hydrogen (secondary N) is 2. The van der Waals surface area contributed by atoms with Gasteiger partial charge in [-0.25, -0.2) is 0 Å². The molecule has 0 aliphatic heterocycles. The van der Waals surface area contributed by atoms with Crippen molar-refractivity contribution >= 4 is 5.96 Å². The van der Waals surface area contributed by atoms with E-state index < -0.39 is 0 Å². The van der Waals surface area contributed by atoms with Crippen LogP contribution in [0.4, 0.5) is 0 Å². The lowest BCUT2D eigenvalue weighted by Crippen LogP contribution is -2.47. The van der Waals surface area contributed by atoms with Crippen LogP contribution >= 0.6 is 0 Å². The minimum atomic E-state index is 0.274. The zero-order valence-electron chi connectivity index (χ0n) is 13.2. The first-order valence-electron chi connectivity index (χ1n) is 8.26. The van der Waals surface area contributed by atoms with Crippen molar-refractivity contribution in [1.82, 2.24) is 10.6 Å². The van der Waals surface area contributed by atoms with E-state index in [2.05, 4.69) is 52.9 Å². The zero-order valence-corrected chi connectivity index (χ0v) is 13.2. The summed E-state index contributed by atoms with van der Waals surface area (Å²) in [5.74, 6) is 1.90. The Kier molecular flexibility index (Phi) is 4.18. The molecule has 2 aliphatic carbocycles. The minimum absolute atomic E-state index is 0.274. The van der Waals surface area contributed by atoms with Crippen molar-refractivity contribution < 1.29 is 0 Å². The second kappa shape index (κ2) is 6.08. The van der Waals surface area contributed by atoms with E-state index in [9.17, 15) is 0 Å². The van der Waals surface area contributed by atoms with Crippen molar-refractivity contribution in [2.45, 2.75) is 45.1 Å². The molecule has 0 spiro atoms. The van der Waals surface area contributed by atoms with Gasteiger partial charge in [-0.3, -0.25) is 4.99 Å². The first-order chi connectivity index (χ1) is 10.2. The molecule has 0 amide bonds. The highest BCUT2D eigenvalue weighted by atomic mass is 15.2. The lowest BCUT2D eigenvalue weighted by molar-refractivity contribution is 0.106. The second-order valence-electron chi connectivity index (χ2n) is 6.69. The van der Waals surface area contributed by atoms with E-state index in [1.54, 1.807) is 0 Å². The Morgan fingerprint density at radius 1 is 1.29 bits per heavy atom. The largest absolute Gasteiger partial charge is 0.356 e. The maximum absolute atomic E-state index is 4.39. The van der Waals surface area contributed by atoms with Crippen LogP contribution in [0.3, 0.4) is 0 Å². The highest BCUT2D eigenvalue weighted by Crippen LogP contribution is 2.56. The summed E-state index contributed by atoms with van der Waals surface area (Å²) in [5, 5.41) is 7.08. The summed E-state index contributed by atoms with van der Waals surface area (Å²) in [6, 6.07) is 10.8. The molecule has 2 aliphatic rings. The van der Waals surface area contributed by atoms with E-state index in [1.807, 2.05) is 7.05 Å². The summed E-state index contributed by atoms with van der Waals surface area (Å²) in [6.45, 7) is 3.26. The number of rotatable bonds is 5. The summed E-state index contributed by atoms with van der Waals surface area (Å²) in [5.41, 5.74) is 1.87. The predicted octanol–water partition coefficient (Wildman–Crippen LogP) is 3.49. The van der Waals surface area contributed by atoms with E-state index in [0.29, 0.717) is 5.41 Å². The monoisotopic (exact) mass is 285 g/mol. The van der Waals surface area contributed by atoms with Crippen LogP contribution in [0.2, 0.25) is 0 Å². The van der Waals surface area contributed by atoms with Crippen LogP contribution in [-0.2, 0) is 0 Å². The van der Waals surface area contributed by atoms with Crippen LogP contribution < -0.4 is 10.6 Å². The molecule has 0 saturated heterocycles. The summed E-state index contributed by atoms with van der Waals surface area (Å²) in [4.78, 5) is 4.39. The molecule has 1 aromatic rings. The van der Waals surface area contributed by atoms with Gasteiger partial charge in [0.2, 0.25) is 0 Å². The van der Waals surface area contributed by atoms with Crippen LogP contribution in [-0.4, -0.2) is 19.6 Å². The number of benzene rings is 1. The van der Waals surface area contributed by atoms with E-state index in [4.69, 9.17) is 0 Å². The number of hydrogen-bond donors (Lipinski definition) is 2. The molecule has 21 heavy (non-hydrogen) atoms. The van der Waals surface area contributed by atoms with Crippen molar-refractivity contribution in [1.29, 1.82) is 0 Å². The van der Waals surface area contributed by atoms with Gasteiger partial charge in [-0.1, -0.05) is 36.8 Å². The first-order valence-corrected chi connectivity index (χ1v) is 8.26. The van der Waals surface area contributed by atoms with Crippen LogP contribution in [0.5, 0.6) is 0 Å². The fourth-order valence-corrected chi connectivity index (χ4v) is 3.54. The highest BCUT2D eigenvalue weighted by molar-refractivity contribution is 5.80. The molecule has 0 bridgehead atoms. The quantitative estimate of drug-likeness (QED) is 0.642. The van der Waals surface area contributed by atoms with E-state index >= 15 is 0 Å². The van der Waals surface area contributed by atoms with Gasteiger partial charge in [-0.05, 0) is 49.5 Å². The molecule has 0 heterocycles. The molecule has 2 saturated carbocycles. The Balaban J connectivity index is 1.54. The van der Waals surface area contributed by atoms with Crippen molar-refractivity contribution in [2.24, 2.45) is 16.3 Å². The normalized spacial score (nSPS) is 22.3. The van der Waals surface area contributed by atoms with Crippen LogP contribution in [0, 0.1) is 11.3 Å². The molecule has 1 unspecified atom stereocenters. The topological polar surface area (TPSA) is 36.4 Å². The van der Waals surface area contributed by atoms with Gasteiger partial charge in [0.25, 0.3) is 0 Å². The molecule has 2 fully saturated rings. The molecule has 114 valence electrons. The standard InChI is InChI=1S/C18H27N3/c1-14(15-7-4-3-5-8-15)21-17(19-2)20-13-18(11-6-12-18)16-9-10-16/h3-5,7-8,14,16H,6,9-13H2,1-2H3,(H2,19,20,21). The van der Waals surface area contributed by atoms with Gasteiger partial charge < -0.3 is 10.6 Å². The summed E-state index contributed by atoms with van der Waals surface area (Å²) in [7, 11) is 1.86.